The fourth-order valence-corrected chi connectivity index (χ4v) is 4.29. The molecule has 2 aliphatic heterocycles. The second-order valence-corrected chi connectivity index (χ2v) is 6.00. The van der Waals surface area contributed by atoms with E-state index in [1.807, 2.05) is 0 Å². The summed E-state index contributed by atoms with van der Waals surface area (Å²) in [7, 11) is 0. The predicted molar refractivity (Wildman–Crippen MR) is 64.9 cm³/mol. The summed E-state index contributed by atoms with van der Waals surface area (Å²) in [6.07, 6.45) is 8.51. The Morgan fingerprint density at radius 2 is 2.07 bits per heavy atom. The Hall–Kier alpha value is 0.310. The first-order valence-electron chi connectivity index (χ1n) is 6.20. The van der Waals surface area contributed by atoms with E-state index in [0.29, 0.717) is 5.54 Å². The maximum absolute atomic E-state index is 3.84. The maximum atomic E-state index is 3.84. The molecule has 2 fully saturated rings. The van der Waals surface area contributed by atoms with Crippen LogP contribution >= 0.6 is 11.8 Å². The lowest BCUT2D eigenvalue weighted by Crippen LogP contribution is -2.54. The van der Waals surface area contributed by atoms with Gasteiger partial charge in [0.1, 0.15) is 0 Å². The molecule has 0 bridgehead atoms. The van der Waals surface area contributed by atoms with Crippen LogP contribution in [0.1, 0.15) is 45.4 Å². The number of thioether (sulfide) groups is 1. The lowest BCUT2D eigenvalue weighted by molar-refractivity contribution is 0.145. The van der Waals surface area contributed by atoms with E-state index in [0.717, 1.165) is 5.92 Å². The number of nitrogens with one attached hydrogen (secondary N) is 1. The quantitative estimate of drug-likeness (QED) is 0.756. The van der Waals surface area contributed by atoms with Gasteiger partial charge in [0, 0.05) is 5.54 Å². The third-order valence-corrected chi connectivity index (χ3v) is 5.21. The van der Waals surface area contributed by atoms with E-state index in [1.165, 1.54) is 56.6 Å². The zero-order valence-electron chi connectivity index (χ0n) is 9.35. The van der Waals surface area contributed by atoms with Gasteiger partial charge in [0.05, 0.1) is 0 Å². The van der Waals surface area contributed by atoms with Crippen LogP contribution in [0.15, 0.2) is 0 Å². The van der Waals surface area contributed by atoms with Crippen LogP contribution in [0.25, 0.3) is 0 Å². The fourth-order valence-electron chi connectivity index (χ4n) is 3.18. The van der Waals surface area contributed by atoms with E-state index in [2.05, 4.69) is 24.0 Å². The van der Waals surface area contributed by atoms with Gasteiger partial charge in [-0.25, -0.2) is 0 Å². The Balaban J connectivity index is 2.01. The average Bonchev–Trinajstić information content (AvgIpc) is 2.31. The molecule has 0 amide bonds. The summed E-state index contributed by atoms with van der Waals surface area (Å²) in [5.41, 5.74) is 0.527. The van der Waals surface area contributed by atoms with Crippen molar-refractivity contribution in [3.05, 3.63) is 0 Å². The second-order valence-electron chi connectivity index (χ2n) is 4.78. The first-order valence-corrected chi connectivity index (χ1v) is 7.35. The minimum absolute atomic E-state index is 0.527. The van der Waals surface area contributed by atoms with E-state index < -0.39 is 0 Å². The van der Waals surface area contributed by atoms with Crippen LogP contribution in [0.2, 0.25) is 0 Å². The number of piperidine rings is 1. The summed E-state index contributed by atoms with van der Waals surface area (Å²) >= 11 is 2.14. The minimum Gasteiger partial charge on any atom is -0.311 e. The van der Waals surface area contributed by atoms with Crippen LogP contribution in [0, 0.1) is 5.92 Å². The van der Waals surface area contributed by atoms with Crippen molar-refractivity contribution in [2.75, 3.05) is 18.1 Å². The third-order valence-electron chi connectivity index (χ3n) is 4.16. The maximum Gasteiger partial charge on any atom is 0.0207 e. The minimum atomic E-state index is 0.527. The molecule has 2 heterocycles. The predicted octanol–water partition coefficient (Wildman–Crippen LogP) is 3.05. The molecule has 0 aliphatic carbocycles. The monoisotopic (exact) mass is 213 g/mol. The largest absolute Gasteiger partial charge is 0.311 e. The van der Waals surface area contributed by atoms with Crippen molar-refractivity contribution in [2.24, 2.45) is 5.92 Å². The summed E-state index contributed by atoms with van der Waals surface area (Å²) in [6.45, 7) is 3.64. The molecule has 0 saturated carbocycles. The zero-order valence-corrected chi connectivity index (χ0v) is 10.2. The number of rotatable bonds is 2. The molecule has 0 aromatic rings. The highest BCUT2D eigenvalue weighted by Gasteiger charge is 2.38. The SMILES string of the molecule is CCC1(C2CCSCC2)CCCCN1. The molecule has 14 heavy (non-hydrogen) atoms. The van der Waals surface area contributed by atoms with Crippen LogP contribution in [0.3, 0.4) is 0 Å². The Morgan fingerprint density at radius 3 is 2.64 bits per heavy atom. The first kappa shape index (κ1) is 10.8. The molecule has 2 saturated heterocycles. The van der Waals surface area contributed by atoms with Gasteiger partial charge in [-0.15, -0.1) is 0 Å². The summed E-state index contributed by atoms with van der Waals surface area (Å²) in [5, 5.41) is 3.84. The molecule has 1 atom stereocenters. The van der Waals surface area contributed by atoms with E-state index >= 15 is 0 Å². The highest BCUT2D eigenvalue weighted by molar-refractivity contribution is 7.99. The molecule has 0 aromatic heterocycles. The molecule has 0 aromatic carbocycles. The molecule has 0 spiro atoms. The lowest BCUT2D eigenvalue weighted by atomic mass is 9.73. The van der Waals surface area contributed by atoms with Gasteiger partial charge in [-0.1, -0.05) is 13.3 Å². The van der Waals surface area contributed by atoms with Crippen molar-refractivity contribution >= 4 is 11.8 Å². The first-order chi connectivity index (χ1) is 6.87. The van der Waals surface area contributed by atoms with Crippen LogP contribution in [0.4, 0.5) is 0 Å². The van der Waals surface area contributed by atoms with Crippen molar-refractivity contribution in [2.45, 2.75) is 51.0 Å². The van der Waals surface area contributed by atoms with E-state index in [-0.39, 0.29) is 0 Å². The summed E-state index contributed by atoms with van der Waals surface area (Å²) < 4.78 is 0. The van der Waals surface area contributed by atoms with Crippen LogP contribution < -0.4 is 5.32 Å². The normalized spacial score (nSPS) is 35.8. The molecule has 2 heteroatoms. The van der Waals surface area contributed by atoms with Crippen LogP contribution in [-0.4, -0.2) is 23.6 Å². The van der Waals surface area contributed by atoms with Crippen molar-refractivity contribution in [1.82, 2.24) is 5.32 Å². The van der Waals surface area contributed by atoms with E-state index in [9.17, 15) is 0 Å². The van der Waals surface area contributed by atoms with E-state index in [1.54, 1.807) is 0 Å². The molecule has 82 valence electrons. The average molecular weight is 213 g/mol. The Kier molecular flexibility index (Phi) is 3.78. The Bertz CT molecular complexity index is 169. The molecular formula is C12H23NS. The van der Waals surface area contributed by atoms with Gasteiger partial charge < -0.3 is 5.32 Å². The smallest absolute Gasteiger partial charge is 0.0207 e. The van der Waals surface area contributed by atoms with Gasteiger partial charge >= 0.3 is 0 Å². The van der Waals surface area contributed by atoms with Gasteiger partial charge in [0.15, 0.2) is 0 Å². The summed E-state index contributed by atoms with van der Waals surface area (Å²) in [4.78, 5) is 0. The molecule has 1 N–H and O–H groups in total. The molecule has 2 rings (SSSR count). The molecule has 1 unspecified atom stereocenters. The van der Waals surface area contributed by atoms with Gasteiger partial charge in [-0.3, -0.25) is 0 Å². The highest BCUT2D eigenvalue weighted by atomic mass is 32.2. The van der Waals surface area contributed by atoms with E-state index in [4.69, 9.17) is 0 Å². The molecular weight excluding hydrogens is 190 g/mol. The van der Waals surface area contributed by atoms with Crippen molar-refractivity contribution < 1.29 is 0 Å². The standard InChI is InChI=1S/C12H23NS/c1-2-12(7-3-4-8-13-12)11-5-9-14-10-6-11/h11,13H,2-10H2,1H3. The number of hydrogen-bond donors (Lipinski definition) is 1. The summed E-state index contributed by atoms with van der Waals surface area (Å²) in [6, 6.07) is 0. The van der Waals surface area contributed by atoms with Crippen molar-refractivity contribution in [3.63, 3.8) is 0 Å². The molecule has 2 aliphatic rings. The highest BCUT2D eigenvalue weighted by Crippen LogP contribution is 2.38. The van der Waals surface area contributed by atoms with Gasteiger partial charge in [-0.05, 0) is 56.1 Å². The van der Waals surface area contributed by atoms with Gasteiger partial charge in [-0.2, -0.15) is 11.8 Å². The Labute approximate surface area is 92.4 Å². The summed E-state index contributed by atoms with van der Waals surface area (Å²) in [5.74, 6) is 3.76. The molecule has 1 nitrogen and oxygen atoms in total. The molecule has 0 radical (unpaired) electrons. The number of hydrogen-bond acceptors (Lipinski definition) is 2. The second kappa shape index (κ2) is 4.89. The van der Waals surface area contributed by atoms with Crippen LogP contribution in [0.5, 0.6) is 0 Å². The van der Waals surface area contributed by atoms with Gasteiger partial charge in [0.2, 0.25) is 0 Å². The lowest BCUT2D eigenvalue weighted by Gasteiger charge is -2.45. The zero-order chi connectivity index (χ0) is 9.86. The van der Waals surface area contributed by atoms with Crippen LogP contribution in [-0.2, 0) is 0 Å². The Morgan fingerprint density at radius 1 is 1.29 bits per heavy atom. The van der Waals surface area contributed by atoms with Crippen molar-refractivity contribution in [1.29, 1.82) is 0 Å². The third kappa shape index (κ3) is 2.11. The van der Waals surface area contributed by atoms with Crippen molar-refractivity contribution in [3.8, 4) is 0 Å². The fraction of sp³-hybridized carbons (Fsp3) is 1.00. The van der Waals surface area contributed by atoms with Gasteiger partial charge in [0.25, 0.3) is 0 Å². The topological polar surface area (TPSA) is 12.0 Å².